The van der Waals surface area contributed by atoms with E-state index in [1.165, 1.54) is 20.8 Å². The molecule has 0 radical (unpaired) electrons. The van der Waals surface area contributed by atoms with Crippen LogP contribution in [0.4, 0.5) is 0 Å². The maximum atomic E-state index is 15.8. The van der Waals surface area contributed by atoms with Gasteiger partial charge in [0.2, 0.25) is 6.29 Å². The Bertz CT molecular complexity index is 2490. The first-order valence-electron chi connectivity index (χ1n) is 30.7. The molecule has 498 valence electrons. The molecule has 0 spiro atoms. The van der Waals surface area contributed by atoms with Gasteiger partial charge in [0.05, 0.1) is 55.1 Å². The molecule has 34 atom stereocenters. The van der Waals surface area contributed by atoms with E-state index in [0.717, 1.165) is 5.57 Å². The van der Waals surface area contributed by atoms with Gasteiger partial charge < -0.3 is 129 Å². The summed E-state index contributed by atoms with van der Waals surface area (Å²) in [6.45, 7) is 13.0. The van der Waals surface area contributed by atoms with Gasteiger partial charge in [0.1, 0.15) is 97.7 Å². The van der Waals surface area contributed by atoms with Gasteiger partial charge >= 0.3 is 11.9 Å². The first-order valence-corrected chi connectivity index (χ1v) is 30.7. The van der Waals surface area contributed by atoms with Gasteiger partial charge in [-0.25, -0.2) is 0 Å². The molecule has 16 N–H and O–H groups in total. The van der Waals surface area contributed by atoms with Crippen molar-refractivity contribution in [2.24, 2.45) is 50.2 Å². The SMILES string of the molecule is C[C@@H]1O[C@@H](O[C@H]2[C@H](O)[C@@H](O)[C@H](OC[C@H]3O[C@@H](OC(=O)[C@]45CCC(C)(C)C[C@H]4C4=CC[C@@H]6[C@@]7(C)C[C@H](O)[C@H](O)[C@@](C)(C(=O)O)[C@@H]7CC[C@@]6(C)[C@]4(C)CC5)[C@H](O[C@@H]4O[C@@H](C)[C@H](O[C@@H]5OC[C@@H](O)[C@H](O)[C@H]5O)[C@@H](O)[C@H]4O)[C@@H](O)[C@@H]3O)O[C@@H]2CO)[C@H](O)[C@H](O)[C@H]1O. The van der Waals surface area contributed by atoms with E-state index in [1.54, 1.807) is 0 Å². The molecule has 0 amide bonds. The summed E-state index contributed by atoms with van der Waals surface area (Å²) in [5.74, 6) is -2.95. The number of carbonyl (C=O) groups is 2. The average molecular weight is 1250 g/mol. The second-order valence-electron chi connectivity index (χ2n) is 28.6. The number of rotatable bonds is 13. The van der Waals surface area contributed by atoms with Gasteiger partial charge in [-0.15, -0.1) is 0 Å². The molecule has 10 aliphatic rings. The van der Waals surface area contributed by atoms with Crippen LogP contribution in [0.25, 0.3) is 0 Å². The second-order valence-corrected chi connectivity index (χ2v) is 28.6. The van der Waals surface area contributed by atoms with E-state index < -0.39 is 230 Å². The Morgan fingerprint density at radius 1 is 0.563 bits per heavy atom. The van der Waals surface area contributed by atoms with Crippen molar-refractivity contribution in [3.8, 4) is 0 Å². The van der Waals surface area contributed by atoms with Crippen LogP contribution < -0.4 is 0 Å². The first kappa shape index (κ1) is 67.6. The Morgan fingerprint density at radius 3 is 1.80 bits per heavy atom. The van der Waals surface area contributed by atoms with Crippen molar-refractivity contribution >= 4 is 11.9 Å². The smallest absolute Gasteiger partial charge is 0.315 e. The molecule has 5 heterocycles. The number of fused-ring (bicyclic) bond motifs is 7. The average Bonchev–Trinajstić information content (AvgIpc) is 0.706. The van der Waals surface area contributed by atoms with Crippen LogP contribution in [0.2, 0.25) is 0 Å². The second kappa shape index (κ2) is 24.6. The molecule has 10 rings (SSSR count). The van der Waals surface area contributed by atoms with Crippen LogP contribution in [0.5, 0.6) is 0 Å². The number of carboxylic acids is 1. The van der Waals surface area contributed by atoms with E-state index in [1.807, 2.05) is 6.92 Å². The third-order valence-corrected chi connectivity index (χ3v) is 23.1. The van der Waals surface area contributed by atoms with E-state index in [2.05, 4.69) is 33.8 Å². The first-order chi connectivity index (χ1) is 40.6. The van der Waals surface area contributed by atoms with Crippen LogP contribution in [0.15, 0.2) is 11.6 Å². The molecule has 0 bridgehead atoms. The lowest BCUT2D eigenvalue weighted by Crippen LogP contribution is -2.69. The maximum Gasteiger partial charge on any atom is 0.315 e. The van der Waals surface area contributed by atoms with Crippen molar-refractivity contribution in [3.05, 3.63) is 11.6 Å². The lowest BCUT2D eigenvalue weighted by atomic mass is 9.33. The molecule has 5 aliphatic heterocycles. The molecule has 28 heteroatoms. The molecule has 87 heavy (non-hydrogen) atoms. The summed E-state index contributed by atoms with van der Waals surface area (Å²) < 4.78 is 59.2. The number of hydrogen-bond donors (Lipinski definition) is 16. The van der Waals surface area contributed by atoms with Crippen molar-refractivity contribution in [2.45, 2.75) is 273 Å². The fourth-order valence-electron chi connectivity index (χ4n) is 17.5. The van der Waals surface area contributed by atoms with Crippen LogP contribution >= 0.6 is 0 Å². The molecular weight excluding hydrogens is 1160 g/mol. The zero-order valence-electron chi connectivity index (χ0n) is 50.4. The van der Waals surface area contributed by atoms with Crippen molar-refractivity contribution in [2.75, 3.05) is 19.8 Å². The van der Waals surface area contributed by atoms with E-state index in [4.69, 9.17) is 47.4 Å². The van der Waals surface area contributed by atoms with E-state index in [-0.39, 0.29) is 17.8 Å². The highest BCUT2D eigenvalue weighted by atomic mass is 16.8. The number of allylic oxidation sites excluding steroid dienone is 2. The number of esters is 1. The Balaban J connectivity index is 0.923. The summed E-state index contributed by atoms with van der Waals surface area (Å²) in [5.41, 5.74) is -3.84. The van der Waals surface area contributed by atoms with Gasteiger partial charge in [-0.2, -0.15) is 0 Å². The molecule has 28 nitrogen and oxygen atoms in total. The third-order valence-electron chi connectivity index (χ3n) is 23.1. The number of carbonyl (C=O) groups excluding carboxylic acids is 1. The summed E-state index contributed by atoms with van der Waals surface area (Å²) in [6, 6.07) is 0. The quantitative estimate of drug-likeness (QED) is 0.0629. The largest absolute Gasteiger partial charge is 0.481 e. The normalized spacial score (nSPS) is 55.1. The highest BCUT2D eigenvalue weighted by Crippen LogP contribution is 2.76. The van der Waals surface area contributed by atoms with Crippen LogP contribution in [0.1, 0.15) is 113 Å². The van der Waals surface area contributed by atoms with Gasteiger partial charge in [0, 0.05) is 0 Å². The lowest BCUT2D eigenvalue weighted by molar-refractivity contribution is -0.380. The predicted molar refractivity (Wildman–Crippen MR) is 290 cm³/mol. The third kappa shape index (κ3) is 11.2. The van der Waals surface area contributed by atoms with E-state index in [0.29, 0.717) is 51.4 Å². The van der Waals surface area contributed by atoms with Crippen molar-refractivity contribution in [1.82, 2.24) is 0 Å². The van der Waals surface area contributed by atoms with Crippen molar-refractivity contribution < 1.29 is 139 Å². The monoisotopic (exact) mass is 1250 g/mol. The van der Waals surface area contributed by atoms with Gasteiger partial charge in [0.25, 0.3) is 0 Å². The Labute approximate surface area is 503 Å². The van der Waals surface area contributed by atoms with Crippen LogP contribution in [0, 0.1) is 50.2 Å². The van der Waals surface area contributed by atoms with Gasteiger partial charge in [0.15, 0.2) is 31.3 Å². The minimum atomic E-state index is -2.09. The molecule has 5 saturated heterocycles. The number of hydrogen-bond acceptors (Lipinski definition) is 27. The number of aliphatic carboxylic acids is 1. The molecular formula is C59H94O28. The molecule has 0 aromatic carbocycles. The topological polar surface area (TPSA) is 450 Å². The maximum absolute atomic E-state index is 15.8. The summed E-state index contributed by atoms with van der Waals surface area (Å²) >= 11 is 0. The molecule has 5 aliphatic carbocycles. The zero-order valence-corrected chi connectivity index (χ0v) is 50.4. The number of aliphatic hydroxyl groups is 15. The van der Waals surface area contributed by atoms with E-state index >= 15 is 4.79 Å². The Hall–Kier alpha value is -2.28. The summed E-state index contributed by atoms with van der Waals surface area (Å²) in [6.07, 6.45) is -37.8. The summed E-state index contributed by atoms with van der Waals surface area (Å²) in [7, 11) is 0. The highest BCUT2D eigenvalue weighted by molar-refractivity contribution is 5.79. The fraction of sp³-hybridized carbons (Fsp3) is 0.932. The van der Waals surface area contributed by atoms with Crippen molar-refractivity contribution in [1.29, 1.82) is 0 Å². The van der Waals surface area contributed by atoms with Gasteiger partial charge in [-0.3, -0.25) is 9.59 Å². The number of ether oxygens (including phenoxy) is 10. The number of carboxylic acid groups (broad SMARTS) is 1. The van der Waals surface area contributed by atoms with Crippen LogP contribution in [-0.2, 0) is 57.0 Å². The van der Waals surface area contributed by atoms with E-state index in [9.17, 15) is 86.5 Å². The minimum Gasteiger partial charge on any atom is -0.481 e. The fourth-order valence-corrected chi connectivity index (χ4v) is 17.5. The molecule has 9 fully saturated rings. The van der Waals surface area contributed by atoms with Gasteiger partial charge in [-0.05, 0) is 118 Å². The summed E-state index contributed by atoms with van der Waals surface area (Å²) in [4.78, 5) is 28.9. The lowest BCUT2D eigenvalue weighted by Gasteiger charge is -2.71. The highest BCUT2D eigenvalue weighted by Gasteiger charge is 2.72. The Kier molecular flexibility index (Phi) is 19.1. The standard InChI is InChI=1S/C59H94O28/c1-22-32(63)35(66)40(71)49(80-22)85-44-28(19-60)82-47(41(72)38(44)69)79-21-29-34(65)36(67)45(86-50-42(73)37(68)43(23(2)81-50)84-48-39(70)33(64)27(62)20-78-48)51(83-29)87-53(77)59-15-13-54(3,4)17-25(59)24-9-10-30-55(5)18-26(61)46(74)58(8,52(75)76)31(55)11-12-57(30,7)56(24,6)14-16-59/h9,22-23,25-51,60-74H,10-21H2,1-8H3,(H,75,76)/t22-,23-,25-,26-,27+,28+,29+,30+,31+,32-,33-,34+,35+,36-,37-,38+,39+,40+,41+,42+,43-,44+,45+,46-,47+,48-,49-,50-,51-,55+,56+,57+,58-,59-/m0/s1. The predicted octanol–water partition coefficient (Wildman–Crippen LogP) is -3.48. The molecule has 0 aromatic rings. The van der Waals surface area contributed by atoms with Crippen LogP contribution in [0.3, 0.4) is 0 Å². The van der Waals surface area contributed by atoms with Gasteiger partial charge in [-0.1, -0.05) is 46.3 Å². The Morgan fingerprint density at radius 2 is 1.14 bits per heavy atom. The summed E-state index contributed by atoms with van der Waals surface area (Å²) in [5, 5.41) is 176. The minimum absolute atomic E-state index is 0.128. The van der Waals surface area contributed by atoms with Crippen molar-refractivity contribution in [3.63, 3.8) is 0 Å². The number of aliphatic hydroxyl groups excluding tert-OH is 15. The molecule has 4 saturated carbocycles. The molecule has 0 unspecified atom stereocenters. The molecule has 0 aromatic heterocycles. The zero-order chi connectivity index (χ0) is 63.7. The van der Waals surface area contributed by atoms with Crippen LogP contribution in [-0.4, -0.2) is 273 Å².